The van der Waals surface area contributed by atoms with Crippen LogP contribution in [0.25, 0.3) is 5.52 Å². The number of carbonyl (C=O) groups is 1. The van der Waals surface area contributed by atoms with E-state index in [2.05, 4.69) is 21.0 Å². The Morgan fingerprint density at radius 3 is 3.00 bits per heavy atom. The Labute approximate surface area is 88.3 Å². The molecule has 0 radical (unpaired) electrons. The number of hydrogen-bond donors (Lipinski definition) is 1. The molecule has 0 saturated heterocycles. The van der Waals surface area contributed by atoms with Gasteiger partial charge in [-0.15, -0.1) is 0 Å². The summed E-state index contributed by atoms with van der Waals surface area (Å²) in [4.78, 5) is 10.5. The Hall–Kier alpha value is -1.36. The highest BCUT2D eigenvalue weighted by Crippen LogP contribution is 2.22. The van der Waals surface area contributed by atoms with Gasteiger partial charge in [0.25, 0.3) is 0 Å². The number of carboxylic acid groups (broad SMARTS) is 1. The van der Waals surface area contributed by atoms with Gasteiger partial charge in [0.1, 0.15) is 0 Å². The van der Waals surface area contributed by atoms with Gasteiger partial charge in [0.15, 0.2) is 0 Å². The van der Waals surface area contributed by atoms with Crippen molar-refractivity contribution in [3.63, 3.8) is 0 Å². The zero-order valence-electron chi connectivity index (χ0n) is 7.14. The standard InChI is InChI=1S/C9H7BrN2O2/c10-9-6(5-8(13)14)11-12-4-2-1-3-7(9)12/h1-4H,5H2,(H,13,14). The summed E-state index contributed by atoms with van der Waals surface area (Å²) in [5, 5.41) is 12.8. The van der Waals surface area contributed by atoms with Crippen LogP contribution in [0.5, 0.6) is 0 Å². The highest BCUT2D eigenvalue weighted by Gasteiger charge is 2.12. The molecule has 5 heteroatoms. The summed E-state index contributed by atoms with van der Waals surface area (Å²) >= 11 is 3.33. The molecule has 0 aromatic carbocycles. The summed E-state index contributed by atoms with van der Waals surface area (Å²) < 4.78 is 2.41. The maximum atomic E-state index is 10.5. The average molecular weight is 255 g/mol. The predicted octanol–water partition coefficient (Wildman–Crippen LogP) is 1.72. The summed E-state index contributed by atoms with van der Waals surface area (Å²) in [6.45, 7) is 0. The molecule has 2 aromatic rings. The van der Waals surface area contributed by atoms with Crippen molar-refractivity contribution in [3.05, 3.63) is 34.6 Å². The molecule has 2 rings (SSSR count). The van der Waals surface area contributed by atoms with Crippen molar-refractivity contribution in [2.24, 2.45) is 0 Å². The Morgan fingerprint density at radius 1 is 1.57 bits per heavy atom. The van der Waals surface area contributed by atoms with Crippen molar-refractivity contribution >= 4 is 27.4 Å². The minimum atomic E-state index is -0.880. The molecule has 0 amide bonds. The number of pyridine rings is 1. The lowest BCUT2D eigenvalue weighted by Crippen LogP contribution is -2.01. The summed E-state index contributed by atoms with van der Waals surface area (Å²) in [6.07, 6.45) is 1.72. The maximum Gasteiger partial charge on any atom is 0.309 e. The molecule has 0 bridgehead atoms. The number of halogens is 1. The summed E-state index contributed by atoms with van der Waals surface area (Å²) in [5.41, 5.74) is 1.42. The van der Waals surface area contributed by atoms with Crippen molar-refractivity contribution < 1.29 is 9.90 Å². The van der Waals surface area contributed by atoms with Crippen LogP contribution in [0.4, 0.5) is 0 Å². The van der Waals surface area contributed by atoms with E-state index in [-0.39, 0.29) is 6.42 Å². The molecule has 0 fully saturated rings. The molecule has 0 unspecified atom stereocenters. The van der Waals surface area contributed by atoms with Gasteiger partial charge in [-0.3, -0.25) is 4.79 Å². The van der Waals surface area contributed by atoms with E-state index in [1.165, 1.54) is 0 Å². The third-order valence-corrected chi connectivity index (χ3v) is 2.73. The number of nitrogens with zero attached hydrogens (tertiary/aromatic N) is 2. The highest BCUT2D eigenvalue weighted by molar-refractivity contribution is 9.10. The summed E-state index contributed by atoms with van der Waals surface area (Å²) in [7, 11) is 0. The van der Waals surface area contributed by atoms with Crippen LogP contribution >= 0.6 is 15.9 Å². The first-order valence-corrected chi connectivity index (χ1v) is 4.81. The van der Waals surface area contributed by atoms with Crippen LogP contribution in [0.2, 0.25) is 0 Å². The van der Waals surface area contributed by atoms with E-state index in [0.717, 1.165) is 9.99 Å². The van der Waals surface area contributed by atoms with Gasteiger partial charge in [-0.25, -0.2) is 4.52 Å². The average Bonchev–Trinajstić information content (AvgIpc) is 2.44. The molecule has 0 aliphatic heterocycles. The smallest absolute Gasteiger partial charge is 0.309 e. The first-order valence-electron chi connectivity index (χ1n) is 4.02. The third-order valence-electron chi connectivity index (χ3n) is 1.86. The Balaban J connectivity index is 2.57. The largest absolute Gasteiger partial charge is 0.481 e. The van der Waals surface area contributed by atoms with Crippen LogP contribution in [-0.2, 0) is 11.2 Å². The number of fused-ring (bicyclic) bond motifs is 1. The van der Waals surface area contributed by atoms with Crippen LogP contribution in [0.15, 0.2) is 28.9 Å². The molecular weight excluding hydrogens is 248 g/mol. The zero-order valence-corrected chi connectivity index (χ0v) is 8.73. The number of rotatable bonds is 2. The summed E-state index contributed by atoms with van der Waals surface area (Å²) in [5.74, 6) is -0.880. The van der Waals surface area contributed by atoms with E-state index in [4.69, 9.17) is 5.11 Å². The maximum absolute atomic E-state index is 10.5. The third kappa shape index (κ3) is 1.50. The molecule has 1 N–H and O–H groups in total. The Kier molecular flexibility index (Phi) is 2.25. The van der Waals surface area contributed by atoms with Gasteiger partial charge in [0.2, 0.25) is 0 Å². The Bertz CT molecular complexity index is 493. The van der Waals surface area contributed by atoms with Crippen molar-refractivity contribution in [2.45, 2.75) is 6.42 Å². The molecule has 0 atom stereocenters. The second-order valence-electron chi connectivity index (χ2n) is 2.86. The number of aromatic nitrogens is 2. The van der Waals surface area contributed by atoms with Gasteiger partial charge in [0, 0.05) is 6.20 Å². The van der Waals surface area contributed by atoms with Crippen LogP contribution in [0.3, 0.4) is 0 Å². The zero-order chi connectivity index (χ0) is 10.1. The van der Waals surface area contributed by atoms with Gasteiger partial charge in [-0.1, -0.05) is 6.07 Å². The molecule has 72 valence electrons. The molecular formula is C9H7BrN2O2. The lowest BCUT2D eigenvalue weighted by atomic mass is 10.3. The van der Waals surface area contributed by atoms with E-state index >= 15 is 0 Å². The first-order chi connectivity index (χ1) is 6.68. The van der Waals surface area contributed by atoms with Gasteiger partial charge in [-0.2, -0.15) is 5.10 Å². The van der Waals surface area contributed by atoms with Gasteiger partial charge in [0.05, 0.1) is 22.1 Å². The van der Waals surface area contributed by atoms with E-state index in [1.807, 2.05) is 18.2 Å². The SMILES string of the molecule is O=C(O)Cc1nn2ccccc2c1Br. The van der Waals surface area contributed by atoms with Crippen molar-refractivity contribution in [3.8, 4) is 0 Å². The van der Waals surface area contributed by atoms with E-state index in [1.54, 1.807) is 10.7 Å². The van der Waals surface area contributed by atoms with Crippen LogP contribution < -0.4 is 0 Å². The van der Waals surface area contributed by atoms with Gasteiger partial charge < -0.3 is 5.11 Å². The Morgan fingerprint density at radius 2 is 2.36 bits per heavy atom. The van der Waals surface area contributed by atoms with Gasteiger partial charge in [-0.05, 0) is 28.1 Å². The number of hydrogen-bond acceptors (Lipinski definition) is 2. The van der Waals surface area contributed by atoms with E-state index < -0.39 is 5.97 Å². The van der Waals surface area contributed by atoms with E-state index in [0.29, 0.717) is 5.69 Å². The lowest BCUT2D eigenvalue weighted by Gasteiger charge is -1.89. The van der Waals surface area contributed by atoms with Gasteiger partial charge >= 0.3 is 5.97 Å². The molecule has 2 aromatic heterocycles. The fourth-order valence-electron chi connectivity index (χ4n) is 1.27. The fourth-order valence-corrected chi connectivity index (χ4v) is 1.81. The number of aliphatic carboxylic acids is 1. The highest BCUT2D eigenvalue weighted by atomic mass is 79.9. The first kappa shape index (κ1) is 9.21. The molecule has 0 spiro atoms. The van der Waals surface area contributed by atoms with Crippen LogP contribution in [0.1, 0.15) is 5.69 Å². The normalized spacial score (nSPS) is 10.6. The molecule has 4 nitrogen and oxygen atoms in total. The lowest BCUT2D eigenvalue weighted by molar-refractivity contribution is -0.136. The minimum Gasteiger partial charge on any atom is -0.481 e. The number of carboxylic acids is 1. The second-order valence-corrected chi connectivity index (χ2v) is 3.65. The predicted molar refractivity (Wildman–Crippen MR) is 54.2 cm³/mol. The topological polar surface area (TPSA) is 54.6 Å². The molecule has 0 aliphatic rings. The molecule has 0 saturated carbocycles. The quantitative estimate of drug-likeness (QED) is 0.888. The van der Waals surface area contributed by atoms with Crippen molar-refractivity contribution in [2.75, 3.05) is 0 Å². The van der Waals surface area contributed by atoms with Crippen molar-refractivity contribution in [1.29, 1.82) is 0 Å². The van der Waals surface area contributed by atoms with E-state index in [9.17, 15) is 4.79 Å². The van der Waals surface area contributed by atoms with Crippen LogP contribution in [-0.4, -0.2) is 20.7 Å². The molecule has 0 aliphatic carbocycles. The molecule has 14 heavy (non-hydrogen) atoms. The molecule has 2 heterocycles. The monoisotopic (exact) mass is 254 g/mol. The van der Waals surface area contributed by atoms with Crippen LogP contribution in [0, 0.1) is 0 Å². The van der Waals surface area contributed by atoms with Crippen molar-refractivity contribution in [1.82, 2.24) is 9.61 Å². The fraction of sp³-hybridized carbons (Fsp3) is 0.111. The summed E-state index contributed by atoms with van der Waals surface area (Å²) in [6, 6.07) is 5.60. The second kappa shape index (κ2) is 3.42. The minimum absolute atomic E-state index is 0.0672.